The van der Waals surface area contributed by atoms with Crippen LogP contribution in [-0.2, 0) is 0 Å². The Labute approximate surface area is 322 Å². The minimum atomic E-state index is -0.237. The highest BCUT2D eigenvalue weighted by Crippen LogP contribution is 2.26. The molecular weight excluding hydrogens is 705 g/mol. The molecule has 0 atom stereocenters. The van der Waals surface area contributed by atoms with Crippen molar-refractivity contribution in [1.82, 2.24) is 40.0 Å². The number of nitrogens with zero attached hydrogens (tertiary/aromatic N) is 8. The standard InChI is InChI=1S/C44H38N8O4/c1-27-9-7-11-33(23-27)51-25-37-39(49-51)29(3)45-47-41(37)43(53)31-13-17-35(18-14-31)55-21-5-6-22-56-36-19-15-32(16-20-36)44(54)42-38-26-52(34-12-8-10-28(2)24-34)50-40(38)30(4)46-48-42/h7-20,23-26H,5-6,21-22H2,1-4H3. The monoisotopic (exact) mass is 742 g/mol. The van der Waals surface area contributed by atoms with Gasteiger partial charge in [0.2, 0.25) is 11.6 Å². The SMILES string of the molecule is Cc1cccc(-n2cc3c(C(=O)c4ccc(OCCCCOc5ccc(C(=O)c6nnc(C)c7nn(-c8cccc(C)c8)cc67)cc5)cc4)nnc(C)c3n2)c1. The number of carbonyl (C=O) groups excluding carboxylic acids is 2. The van der Waals surface area contributed by atoms with Gasteiger partial charge in [-0.2, -0.15) is 20.4 Å². The maximum Gasteiger partial charge on any atom is 0.214 e. The van der Waals surface area contributed by atoms with Gasteiger partial charge in [-0.05, 0) is 124 Å². The smallest absolute Gasteiger partial charge is 0.214 e. The van der Waals surface area contributed by atoms with Crippen molar-refractivity contribution in [2.75, 3.05) is 13.2 Å². The highest BCUT2D eigenvalue weighted by Gasteiger charge is 2.21. The normalized spacial score (nSPS) is 11.3. The Morgan fingerprint density at radius 1 is 0.536 bits per heavy atom. The number of rotatable bonds is 13. The molecular formula is C44H38N8O4. The molecule has 56 heavy (non-hydrogen) atoms. The predicted octanol–water partition coefficient (Wildman–Crippen LogP) is 7.88. The van der Waals surface area contributed by atoms with Crippen molar-refractivity contribution in [2.45, 2.75) is 40.5 Å². The molecule has 0 spiro atoms. The summed E-state index contributed by atoms with van der Waals surface area (Å²) in [5.41, 5.74) is 8.07. The Morgan fingerprint density at radius 2 is 0.946 bits per heavy atom. The van der Waals surface area contributed by atoms with Crippen molar-refractivity contribution in [3.8, 4) is 22.9 Å². The molecule has 4 heterocycles. The molecule has 12 nitrogen and oxygen atoms in total. The number of fused-ring (bicyclic) bond motifs is 2. The van der Waals surface area contributed by atoms with E-state index in [-0.39, 0.29) is 23.0 Å². The van der Waals surface area contributed by atoms with E-state index in [1.807, 2.05) is 88.6 Å². The quantitative estimate of drug-likeness (QED) is 0.0847. The van der Waals surface area contributed by atoms with Crippen molar-refractivity contribution in [1.29, 1.82) is 0 Å². The number of hydrogen-bond donors (Lipinski definition) is 0. The number of unbranched alkanes of at least 4 members (excludes halogenated alkanes) is 1. The molecule has 278 valence electrons. The molecule has 4 aromatic heterocycles. The number of benzene rings is 4. The maximum absolute atomic E-state index is 13.5. The lowest BCUT2D eigenvalue weighted by atomic mass is 10.1. The van der Waals surface area contributed by atoms with E-state index >= 15 is 0 Å². The zero-order valence-electron chi connectivity index (χ0n) is 31.4. The fraction of sp³-hybridized carbons (Fsp3) is 0.182. The summed E-state index contributed by atoms with van der Waals surface area (Å²) in [6.45, 7) is 8.68. The van der Waals surface area contributed by atoms with E-state index < -0.39 is 0 Å². The van der Waals surface area contributed by atoms with E-state index in [9.17, 15) is 9.59 Å². The second-order valence-electron chi connectivity index (χ2n) is 13.7. The van der Waals surface area contributed by atoms with Crippen LogP contribution in [0.3, 0.4) is 0 Å². The van der Waals surface area contributed by atoms with Crippen LogP contribution in [0.4, 0.5) is 0 Å². The van der Waals surface area contributed by atoms with Crippen LogP contribution in [0.2, 0.25) is 0 Å². The molecule has 4 aromatic carbocycles. The van der Waals surface area contributed by atoms with Gasteiger partial charge in [0.25, 0.3) is 0 Å². The summed E-state index contributed by atoms with van der Waals surface area (Å²) in [5.74, 6) is 0.847. The maximum atomic E-state index is 13.5. The molecule has 0 aliphatic carbocycles. The molecule has 0 aliphatic heterocycles. The van der Waals surface area contributed by atoms with Gasteiger partial charge in [-0.25, -0.2) is 9.36 Å². The lowest BCUT2D eigenvalue weighted by molar-refractivity contribution is 0.102. The first-order valence-electron chi connectivity index (χ1n) is 18.4. The van der Waals surface area contributed by atoms with Crippen LogP contribution in [0.25, 0.3) is 33.2 Å². The molecule has 12 heteroatoms. The molecule has 0 aliphatic rings. The summed E-state index contributed by atoms with van der Waals surface area (Å²) in [7, 11) is 0. The van der Waals surface area contributed by atoms with Crippen molar-refractivity contribution < 1.29 is 19.1 Å². The second-order valence-corrected chi connectivity index (χ2v) is 13.7. The zero-order valence-corrected chi connectivity index (χ0v) is 31.4. The number of aryl methyl sites for hydroxylation is 4. The van der Waals surface area contributed by atoms with E-state index in [0.717, 1.165) is 35.3 Å². The average molecular weight is 743 g/mol. The lowest BCUT2D eigenvalue weighted by Gasteiger charge is -2.09. The summed E-state index contributed by atoms with van der Waals surface area (Å²) in [4.78, 5) is 27.1. The topological polar surface area (TPSA) is 140 Å². The Hall–Kier alpha value is -7.08. The molecule has 0 saturated carbocycles. The average Bonchev–Trinajstić information content (AvgIpc) is 3.87. The number of carbonyl (C=O) groups is 2. The first kappa shape index (κ1) is 35.9. The number of ether oxygens (including phenoxy) is 2. The molecule has 0 N–H and O–H groups in total. The minimum Gasteiger partial charge on any atom is -0.494 e. The van der Waals surface area contributed by atoms with Crippen molar-refractivity contribution in [3.63, 3.8) is 0 Å². The third-order valence-corrected chi connectivity index (χ3v) is 9.50. The van der Waals surface area contributed by atoms with Crippen LogP contribution in [0.5, 0.6) is 11.5 Å². The summed E-state index contributed by atoms with van der Waals surface area (Å²) in [5, 5.41) is 27.7. The molecule has 0 unspecified atom stereocenters. The molecule has 0 radical (unpaired) electrons. The van der Waals surface area contributed by atoms with Crippen LogP contribution in [0.15, 0.2) is 109 Å². The van der Waals surface area contributed by atoms with Gasteiger partial charge in [0.15, 0.2) is 0 Å². The Kier molecular flexibility index (Phi) is 9.84. The van der Waals surface area contributed by atoms with E-state index in [0.29, 0.717) is 69.0 Å². The van der Waals surface area contributed by atoms with Crippen molar-refractivity contribution >= 4 is 33.4 Å². The highest BCUT2D eigenvalue weighted by molar-refractivity contribution is 6.15. The first-order chi connectivity index (χ1) is 27.2. The van der Waals surface area contributed by atoms with Gasteiger partial charge in [-0.15, -0.1) is 10.2 Å². The van der Waals surface area contributed by atoms with Gasteiger partial charge < -0.3 is 9.47 Å². The highest BCUT2D eigenvalue weighted by atomic mass is 16.5. The lowest BCUT2D eigenvalue weighted by Crippen LogP contribution is -2.07. The Bertz CT molecular complexity index is 2550. The van der Waals surface area contributed by atoms with Gasteiger partial charge >= 0.3 is 0 Å². The first-order valence-corrected chi connectivity index (χ1v) is 18.4. The molecule has 0 bridgehead atoms. The molecule has 0 saturated heterocycles. The summed E-state index contributed by atoms with van der Waals surface area (Å²) < 4.78 is 15.4. The largest absolute Gasteiger partial charge is 0.494 e. The molecule has 0 fully saturated rings. The van der Waals surface area contributed by atoms with E-state index in [2.05, 4.69) is 20.4 Å². The van der Waals surface area contributed by atoms with Crippen LogP contribution in [0.1, 0.15) is 67.5 Å². The number of ketones is 2. The van der Waals surface area contributed by atoms with Crippen molar-refractivity contribution in [3.05, 3.63) is 154 Å². The Morgan fingerprint density at radius 3 is 1.34 bits per heavy atom. The number of aromatic nitrogens is 8. The second kappa shape index (κ2) is 15.3. The van der Waals surface area contributed by atoms with Gasteiger partial charge in [0.05, 0.1) is 46.7 Å². The molecule has 8 rings (SSSR count). The molecule has 0 amide bonds. The van der Waals surface area contributed by atoms with Crippen molar-refractivity contribution in [2.24, 2.45) is 0 Å². The zero-order chi connectivity index (χ0) is 38.8. The van der Waals surface area contributed by atoms with Gasteiger partial charge in [-0.1, -0.05) is 24.3 Å². The Balaban J connectivity index is 0.829. The van der Waals surface area contributed by atoms with Gasteiger partial charge in [-0.3, -0.25) is 9.59 Å². The summed E-state index contributed by atoms with van der Waals surface area (Å²) in [6.07, 6.45) is 5.19. The summed E-state index contributed by atoms with van der Waals surface area (Å²) >= 11 is 0. The van der Waals surface area contributed by atoms with Crippen LogP contribution in [-0.4, -0.2) is 64.7 Å². The third-order valence-electron chi connectivity index (χ3n) is 9.50. The van der Waals surface area contributed by atoms with Crippen LogP contribution >= 0.6 is 0 Å². The number of hydrogen-bond acceptors (Lipinski definition) is 10. The predicted molar refractivity (Wildman–Crippen MR) is 212 cm³/mol. The van der Waals surface area contributed by atoms with Gasteiger partial charge in [0, 0.05) is 23.5 Å². The minimum absolute atomic E-state index is 0.237. The molecule has 8 aromatic rings. The van der Waals surface area contributed by atoms with Crippen LogP contribution < -0.4 is 9.47 Å². The van der Waals surface area contributed by atoms with E-state index in [1.54, 1.807) is 57.9 Å². The fourth-order valence-electron chi connectivity index (χ4n) is 6.48. The van der Waals surface area contributed by atoms with E-state index in [1.165, 1.54) is 0 Å². The van der Waals surface area contributed by atoms with Gasteiger partial charge in [0.1, 0.15) is 33.9 Å². The van der Waals surface area contributed by atoms with Crippen LogP contribution in [0, 0.1) is 27.7 Å². The summed E-state index contributed by atoms with van der Waals surface area (Å²) in [6, 6.07) is 30.1. The van der Waals surface area contributed by atoms with E-state index in [4.69, 9.17) is 19.7 Å². The fourth-order valence-corrected chi connectivity index (χ4v) is 6.48. The third kappa shape index (κ3) is 7.36.